The van der Waals surface area contributed by atoms with Crippen molar-refractivity contribution in [2.75, 3.05) is 13.1 Å². The number of nitro benzene ring substituents is 1. The average molecular weight is 294 g/mol. The number of amides is 1. The minimum absolute atomic E-state index is 0.101. The van der Waals surface area contributed by atoms with Gasteiger partial charge in [-0.05, 0) is 37.8 Å². The van der Waals surface area contributed by atoms with Crippen LogP contribution in [0.5, 0.6) is 5.75 Å². The molecule has 1 amide bonds. The maximum absolute atomic E-state index is 12.4. The van der Waals surface area contributed by atoms with E-state index in [0.717, 1.165) is 12.1 Å². The third kappa shape index (κ3) is 3.30. The van der Waals surface area contributed by atoms with E-state index in [9.17, 15) is 25.1 Å². The van der Waals surface area contributed by atoms with Gasteiger partial charge in [0.2, 0.25) is 0 Å². The smallest absolute Gasteiger partial charge is 0.282 e. The highest BCUT2D eigenvalue weighted by molar-refractivity contribution is 5.98. The van der Waals surface area contributed by atoms with Crippen molar-refractivity contribution in [3.63, 3.8) is 0 Å². The second-order valence-electron chi connectivity index (χ2n) is 5.33. The van der Waals surface area contributed by atoms with Crippen molar-refractivity contribution in [3.05, 3.63) is 33.9 Å². The summed E-state index contributed by atoms with van der Waals surface area (Å²) in [5.41, 5.74) is -0.411. The van der Waals surface area contributed by atoms with Crippen LogP contribution in [0.25, 0.3) is 0 Å². The van der Waals surface area contributed by atoms with Gasteiger partial charge in [0.25, 0.3) is 11.6 Å². The molecular formula is C14H18N2O5. The Morgan fingerprint density at radius 3 is 2.57 bits per heavy atom. The van der Waals surface area contributed by atoms with Gasteiger partial charge < -0.3 is 15.1 Å². The molecule has 1 unspecified atom stereocenters. The Morgan fingerprint density at radius 2 is 2.05 bits per heavy atom. The van der Waals surface area contributed by atoms with Gasteiger partial charge in [0.15, 0.2) is 0 Å². The molecule has 1 heterocycles. The number of aliphatic hydroxyl groups is 1. The van der Waals surface area contributed by atoms with E-state index < -0.39 is 16.9 Å². The molecule has 21 heavy (non-hydrogen) atoms. The van der Waals surface area contributed by atoms with Gasteiger partial charge in [-0.25, -0.2) is 0 Å². The minimum Gasteiger partial charge on any atom is -0.508 e. The van der Waals surface area contributed by atoms with Crippen molar-refractivity contribution in [2.24, 2.45) is 5.92 Å². The maximum atomic E-state index is 12.4. The molecule has 0 saturated carbocycles. The molecule has 0 spiro atoms. The van der Waals surface area contributed by atoms with Crippen LogP contribution in [0.3, 0.4) is 0 Å². The van der Waals surface area contributed by atoms with E-state index in [1.807, 2.05) is 0 Å². The van der Waals surface area contributed by atoms with Crippen molar-refractivity contribution in [1.29, 1.82) is 0 Å². The van der Waals surface area contributed by atoms with Crippen molar-refractivity contribution < 1.29 is 19.9 Å². The van der Waals surface area contributed by atoms with E-state index in [2.05, 4.69) is 0 Å². The Labute approximate surface area is 122 Å². The van der Waals surface area contributed by atoms with Crippen LogP contribution >= 0.6 is 0 Å². The summed E-state index contributed by atoms with van der Waals surface area (Å²) < 4.78 is 0. The monoisotopic (exact) mass is 294 g/mol. The van der Waals surface area contributed by atoms with E-state index in [0.29, 0.717) is 25.9 Å². The molecular weight excluding hydrogens is 276 g/mol. The second-order valence-corrected chi connectivity index (χ2v) is 5.33. The molecule has 1 fully saturated rings. The maximum Gasteiger partial charge on any atom is 0.282 e. The van der Waals surface area contributed by atoms with Crippen molar-refractivity contribution >= 4 is 11.6 Å². The summed E-state index contributed by atoms with van der Waals surface area (Å²) in [5, 5.41) is 30.0. The Balaban J connectivity index is 2.18. The SMILES string of the molecule is CC(O)C1CCN(C(=O)c2cc(O)ccc2[N+](=O)[O-])CC1. The summed E-state index contributed by atoms with van der Waals surface area (Å²) in [4.78, 5) is 24.3. The normalized spacial score (nSPS) is 17.5. The number of phenolic OH excluding ortho intramolecular Hbond substituents is 1. The topological polar surface area (TPSA) is 104 Å². The Kier molecular flexibility index (Phi) is 4.42. The molecule has 1 aromatic rings. The predicted molar refractivity (Wildman–Crippen MR) is 75.1 cm³/mol. The number of carbonyl (C=O) groups is 1. The van der Waals surface area contributed by atoms with Crippen molar-refractivity contribution in [1.82, 2.24) is 4.90 Å². The number of likely N-dealkylation sites (tertiary alicyclic amines) is 1. The van der Waals surface area contributed by atoms with Gasteiger partial charge >= 0.3 is 0 Å². The lowest BCUT2D eigenvalue weighted by Gasteiger charge is -2.33. The fraction of sp³-hybridized carbons (Fsp3) is 0.500. The van der Waals surface area contributed by atoms with Crippen molar-refractivity contribution in [2.45, 2.75) is 25.9 Å². The number of carbonyl (C=O) groups excluding carboxylic acids is 1. The molecule has 1 aromatic carbocycles. The molecule has 1 saturated heterocycles. The highest BCUT2D eigenvalue weighted by Gasteiger charge is 2.29. The fourth-order valence-corrected chi connectivity index (χ4v) is 2.61. The van der Waals surface area contributed by atoms with E-state index in [-0.39, 0.29) is 22.9 Å². The lowest BCUT2D eigenvalue weighted by molar-refractivity contribution is -0.385. The molecule has 1 aliphatic rings. The number of piperidine rings is 1. The second kappa shape index (κ2) is 6.09. The zero-order valence-corrected chi connectivity index (χ0v) is 11.7. The number of nitro groups is 1. The number of benzene rings is 1. The largest absolute Gasteiger partial charge is 0.508 e. The summed E-state index contributed by atoms with van der Waals surface area (Å²) >= 11 is 0. The van der Waals surface area contributed by atoms with Gasteiger partial charge in [0, 0.05) is 19.2 Å². The van der Waals surface area contributed by atoms with Crippen LogP contribution in [0.1, 0.15) is 30.1 Å². The van der Waals surface area contributed by atoms with Crippen molar-refractivity contribution in [3.8, 4) is 5.75 Å². The van der Waals surface area contributed by atoms with Gasteiger partial charge in [-0.3, -0.25) is 14.9 Å². The van der Waals surface area contributed by atoms with Gasteiger partial charge in [-0.15, -0.1) is 0 Å². The lowest BCUT2D eigenvalue weighted by Crippen LogP contribution is -2.40. The van der Waals surface area contributed by atoms with Crippen LogP contribution in [0.15, 0.2) is 18.2 Å². The van der Waals surface area contributed by atoms with Gasteiger partial charge in [0.1, 0.15) is 11.3 Å². The average Bonchev–Trinajstić information content (AvgIpc) is 2.46. The van der Waals surface area contributed by atoms with E-state index in [1.165, 1.54) is 11.0 Å². The quantitative estimate of drug-likeness (QED) is 0.650. The number of hydrogen-bond acceptors (Lipinski definition) is 5. The zero-order valence-electron chi connectivity index (χ0n) is 11.7. The van der Waals surface area contributed by atoms with Crippen LogP contribution in [-0.2, 0) is 0 Å². The van der Waals surface area contributed by atoms with Crippen LogP contribution in [-0.4, -0.2) is 45.1 Å². The summed E-state index contributed by atoms with van der Waals surface area (Å²) in [7, 11) is 0. The molecule has 7 heteroatoms. The number of rotatable bonds is 3. The van der Waals surface area contributed by atoms with Crippen LogP contribution < -0.4 is 0 Å². The first kappa shape index (κ1) is 15.2. The Morgan fingerprint density at radius 1 is 1.43 bits per heavy atom. The summed E-state index contributed by atoms with van der Waals surface area (Å²) in [6, 6.07) is 3.45. The molecule has 2 N–H and O–H groups in total. The van der Waals surface area contributed by atoms with Gasteiger partial charge in [0.05, 0.1) is 11.0 Å². The number of aliphatic hydroxyl groups excluding tert-OH is 1. The third-order valence-electron chi connectivity index (χ3n) is 3.92. The molecule has 2 rings (SSSR count). The van der Waals surface area contributed by atoms with Gasteiger partial charge in [-0.2, -0.15) is 0 Å². The van der Waals surface area contributed by atoms with Crippen LogP contribution in [0.4, 0.5) is 5.69 Å². The van der Waals surface area contributed by atoms with E-state index >= 15 is 0 Å². The number of phenols is 1. The molecule has 0 bridgehead atoms. The molecule has 0 aliphatic carbocycles. The highest BCUT2D eigenvalue weighted by Crippen LogP contribution is 2.27. The molecule has 114 valence electrons. The first-order chi connectivity index (χ1) is 9.90. The molecule has 7 nitrogen and oxygen atoms in total. The summed E-state index contributed by atoms with van der Waals surface area (Å²) in [6.07, 6.45) is 0.906. The molecule has 0 radical (unpaired) electrons. The molecule has 1 aliphatic heterocycles. The number of hydrogen-bond donors (Lipinski definition) is 2. The zero-order chi connectivity index (χ0) is 15.6. The lowest BCUT2D eigenvalue weighted by atomic mass is 9.92. The van der Waals surface area contributed by atoms with Crippen LogP contribution in [0, 0.1) is 16.0 Å². The Hall–Kier alpha value is -2.15. The summed E-state index contributed by atoms with van der Waals surface area (Å²) in [5.74, 6) is -0.488. The first-order valence-corrected chi connectivity index (χ1v) is 6.85. The minimum atomic E-state index is -0.630. The highest BCUT2D eigenvalue weighted by atomic mass is 16.6. The predicted octanol–water partition coefficient (Wildman–Crippen LogP) is 1.53. The van der Waals surface area contributed by atoms with Crippen LogP contribution in [0.2, 0.25) is 0 Å². The third-order valence-corrected chi connectivity index (χ3v) is 3.92. The molecule has 0 aromatic heterocycles. The van der Waals surface area contributed by atoms with E-state index in [1.54, 1.807) is 6.92 Å². The van der Waals surface area contributed by atoms with Gasteiger partial charge in [-0.1, -0.05) is 0 Å². The number of aromatic hydroxyl groups is 1. The van der Waals surface area contributed by atoms with E-state index in [4.69, 9.17) is 0 Å². The number of nitrogens with zero attached hydrogens (tertiary/aromatic N) is 2. The first-order valence-electron chi connectivity index (χ1n) is 6.85. The summed E-state index contributed by atoms with van der Waals surface area (Å²) in [6.45, 7) is 2.62. The fourth-order valence-electron chi connectivity index (χ4n) is 2.61. The Bertz CT molecular complexity index is 550. The standard InChI is InChI=1S/C14H18N2O5/c1-9(17)10-4-6-15(7-5-10)14(19)12-8-11(18)2-3-13(12)16(20)21/h2-3,8-10,17-18H,4-7H2,1H3. The molecule has 1 atom stereocenters.